The fourth-order valence-corrected chi connectivity index (χ4v) is 4.04. The van der Waals surface area contributed by atoms with Crippen molar-refractivity contribution in [1.29, 1.82) is 0 Å². The van der Waals surface area contributed by atoms with Crippen LogP contribution in [0.2, 0.25) is 0 Å². The molecule has 0 saturated heterocycles. The van der Waals surface area contributed by atoms with Gasteiger partial charge in [-0.15, -0.1) is 0 Å². The summed E-state index contributed by atoms with van der Waals surface area (Å²) in [5.74, 6) is -0.00739. The topological polar surface area (TPSA) is 84.2 Å². The molecule has 1 unspecified atom stereocenters. The Bertz CT molecular complexity index is 1190. The van der Waals surface area contributed by atoms with Crippen LogP contribution in [0.4, 0.5) is 0 Å². The molecule has 1 heterocycles. The van der Waals surface area contributed by atoms with Gasteiger partial charge >= 0.3 is 0 Å². The maximum Gasteiger partial charge on any atom is 0.257 e. The van der Waals surface area contributed by atoms with Gasteiger partial charge in [0.05, 0.1) is 0 Å². The van der Waals surface area contributed by atoms with E-state index in [1.54, 1.807) is 13.0 Å². The van der Waals surface area contributed by atoms with Crippen LogP contribution in [0.5, 0.6) is 0 Å². The molecule has 0 radical (unpaired) electrons. The zero-order valence-electron chi connectivity index (χ0n) is 17.6. The number of hydrogen-bond acceptors (Lipinski definition) is 5. The van der Waals surface area contributed by atoms with Crippen LogP contribution in [0.1, 0.15) is 28.4 Å². The van der Waals surface area contributed by atoms with Crippen LogP contribution >= 0.6 is 11.8 Å². The van der Waals surface area contributed by atoms with Crippen LogP contribution in [-0.4, -0.2) is 22.8 Å². The van der Waals surface area contributed by atoms with E-state index in [-0.39, 0.29) is 11.8 Å². The lowest BCUT2D eigenvalue weighted by Crippen LogP contribution is -2.44. The number of thioether (sulfide) groups is 1. The number of fused-ring (bicyclic) bond motifs is 1. The van der Waals surface area contributed by atoms with Crippen molar-refractivity contribution in [3.63, 3.8) is 0 Å². The molecule has 1 aromatic heterocycles. The molecule has 2 amide bonds. The van der Waals surface area contributed by atoms with E-state index in [1.807, 2.05) is 72.8 Å². The van der Waals surface area contributed by atoms with Crippen LogP contribution in [0.25, 0.3) is 11.1 Å². The number of nitrogens with one attached hydrogen (secondary N) is 2. The number of amides is 2. The minimum absolute atomic E-state index is 0.236. The fraction of sp³-hybridized carbons (Fsp3) is 0.160. The monoisotopic (exact) mass is 445 g/mol. The summed E-state index contributed by atoms with van der Waals surface area (Å²) in [5, 5.41) is 6.20. The van der Waals surface area contributed by atoms with Gasteiger partial charge in [0.1, 0.15) is 11.6 Å². The smallest absolute Gasteiger partial charge is 0.257 e. The Hall–Kier alpha value is -3.58. The van der Waals surface area contributed by atoms with E-state index in [0.717, 1.165) is 22.2 Å². The highest BCUT2D eigenvalue weighted by atomic mass is 32.2. The molecule has 162 valence electrons. The Balaban J connectivity index is 1.36. The van der Waals surface area contributed by atoms with Crippen molar-refractivity contribution < 1.29 is 14.0 Å². The molecular formula is C25H23N3O3S. The lowest BCUT2D eigenvalue weighted by molar-refractivity contribution is -0.122. The van der Waals surface area contributed by atoms with Crippen molar-refractivity contribution in [3.05, 3.63) is 95.6 Å². The summed E-state index contributed by atoms with van der Waals surface area (Å²) in [6, 6.07) is 23.9. The van der Waals surface area contributed by atoms with E-state index in [1.165, 1.54) is 11.8 Å². The summed E-state index contributed by atoms with van der Waals surface area (Å²) in [6.07, 6.45) is 0. The number of oxazole rings is 1. The third-order valence-corrected chi connectivity index (χ3v) is 5.81. The van der Waals surface area contributed by atoms with E-state index in [9.17, 15) is 9.59 Å². The summed E-state index contributed by atoms with van der Waals surface area (Å²) < 4.78 is 5.75. The van der Waals surface area contributed by atoms with Crippen molar-refractivity contribution in [3.8, 4) is 0 Å². The fourth-order valence-electron chi connectivity index (χ4n) is 3.20. The predicted molar refractivity (Wildman–Crippen MR) is 125 cm³/mol. The Morgan fingerprint density at radius 3 is 2.50 bits per heavy atom. The molecule has 7 heteroatoms. The Labute approximate surface area is 190 Å². The van der Waals surface area contributed by atoms with Crippen molar-refractivity contribution in [2.45, 2.75) is 30.5 Å². The zero-order chi connectivity index (χ0) is 22.3. The van der Waals surface area contributed by atoms with Gasteiger partial charge in [-0.05, 0) is 36.2 Å². The Kier molecular flexibility index (Phi) is 6.87. The van der Waals surface area contributed by atoms with Crippen LogP contribution in [0.3, 0.4) is 0 Å². The van der Waals surface area contributed by atoms with Crippen molar-refractivity contribution >= 4 is 34.7 Å². The molecule has 4 rings (SSSR count). The van der Waals surface area contributed by atoms with Gasteiger partial charge in [0.15, 0.2) is 5.58 Å². The second kappa shape index (κ2) is 10.2. The number of aromatic nitrogens is 1. The first-order valence-electron chi connectivity index (χ1n) is 10.3. The molecule has 32 heavy (non-hydrogen) atoms. The Morgan fingerprint density at radius 1 is 0.969 bits per heavy atom. The molecule has 6 nitrogen and oxygen atoms in total. The first-order chi connectivity index (χ1) is 15.6. The normalized spacial score (nSPS) is 11.8. The van der Waals surface area contributed by atoms with E-state index >= 15 is 0 Å². The van der Waals surface area contributed by atoms with Crippen molar-refractivity contribution in [2.75, 3.05) is 0 Å². The largest absolute Gasteiger partial charge is 0.431 e. The lowest BCUT2D eigenvalue weighted by Gasteiger charge is -2.15. The molecule has 4 aromatic rings. The van der Waals surface area contributed by atoms with E-state index in [0.29, 0.717) is 23.1 Å². The highest BCUT2D eigenvalue weighted by Crippen LogP contribution is 2.27. The van der Waals surface area contributed by atoms with Crippen LogP contribution in [-0.2, 0) is 17.1 Å². The first kappa shape index (κ1) is 21.6. The summed E-state index contributed by atoms with van der Waals surface area (Å²) >= 11 is 1.42. The average molecular weight is 446 g/mol. The van der Waals surface area contributed by atoms with Crippen LogP contribution in [0.15, 0.2) is 88.5 Å². The lowest BCUT2D eigenvalue weighted by atomic mass is 10.1. The second-order valence-corrected chi connectivity index (χ2v) is 8.22. The van der Waals surface area contributed by atoms with Gasteiger partial charge in [-0.3, -0.25) is 9.59 Å². The molecule has 0 aliphatic carbocycles. The van der Waals surface area contributed by atoms with E-state index in [4.69, 9.17) is 4.42 Å². The molecule has 0 bridgehead atoms. The number of nitrogens with zero attached hydrogens (tertiary/aromatic N) is 1. The van der Waals surface area contributed by atoms with E-state index < -0.39 is 6.04 Å². The third-order valence-electron chi connectivity index (χ3n) is 4.94. The molecule has 1 atom stereocenters. The molecule has 2 N–H and O–H groups in total. The number of hydrogen-bond donors (Lipinski definition) is 2. The number of para-hydroxylation sites is 2. The molecule has 0 fully saturated rings. The number of benzene rings is 3. The summed E-state index contributed by atoms with van der Waals surface area (Å²) in [7, 11) is 0. The SMILES string of the molecule is CC(NC(=O)c1ccccc1CSc1nc2ccccc2o1)C(=O)NCc1ccccc1. The van der Waals surface area contributed by atoms with E-state index in [2.05, 4.69) is 15.6 Å². The summed E-state index contributed by atoms with van der Waals surface area (Å²) in [6.45, 7) is 2.09. The standard InChI is InChI=1S/C25H23N3O3S/c1-17(23(29)26-15-18-9-3-2-4-10-18)27-24(30)20-12-6-5-11-19(20)16-32-25-28-21-13-7-8-14-22(21)31-25/h2-14,17H,15-16H2,1H3,(H,26,29)(H,27,30). The quantitative estimate of drug-likeness (QED) is 0.389. The van der Waals surface area contributed by atoms with Crippen LogP contribution in [0, 0.1) is 0 Å². The van der Waals surface area contributed by atoms with Gasteiger partial charge in [-0.25, -0.2) is 4.98 Å². The van der Waals surface area contributed by atoms with Gasteiger partial charge in [0, 0.05) is 17.9 Å². The van der Waals surface area contributed by atoms with Gasteiger partial charge in [-0.1, -0.05) is 72.4 Å². The van der Waals surface area contributed by atoms with Gasteiger partial charge in [-0.2, -0.15) is 0 Å². The zero-order valence-corrected chi connectivity index (χ0v) is 18.4. The number of carbonyl (C=O) groups excluding carboxylic acids is 2. The molecule has 0 spiro atoms. The minimum atomic E-state index is -0.663. The summed E-state index contributed by atoms with van der Waals surface area (Å²) in [5.41, 5.74) is 3.90. The van der Waals surface area contributed by atoms with Gasteiger partial charge in [0.2, 0.25) is 5.91 Å². The second-order valence-electron chi connectivity index (χ2n) is 7.29. The highest BCUT2D eigenvalue weighted by molar-refractivity contribution is 7.98. The summed E-state index contributed by atoms with van der Waals surface area (Å²) in [4.78, 5) is 29.7. The van der Waals surface area contributed by atoms with Gasteiger partial charge < -0.3 is 15.1 Å². The third kappa shape index (κ3) is 5.36. The maximum atomic E-state index is 12.9. The molecule has 0 saturated carbocycles. The first-order valence-corrected chi connectivity index (χ1v) is 11.3. The predicted octanol–water partition coefficient (Wildman–Crippen LogP) is 4.55. The number of rotatable bonds is 8. The molecular weight excluding hydrogens is 422 g/mol. The van der Waals surface area contributed by atoms with Gasteiger partial charge in [0.25, 0.3) is 11.1 Å². The van der Waals surface area contributed by atoms with Crippen LogP contribution < -0.4 is 10.6 Å². The molecule has 0 aliphatic rings. The minimum Gasteiger partial charge on any atom is -0.431 e. The van der Waals surface area contributed by atoms with Crippen molar-refractivity contribution in [1.82, 2.24) is 15.6 Å². The molecule has 3 aromatic carbocycles. The highest BCUT2D eigenvalue weighted by Gasteiger charge is 2.19. The Morgan fingerprint density at radius 2 is 1.69 bits per heavy atom. The maximum absolute atomic E-state index is 12.9. The number of carbonyl (C=O) groups is 2. The molecule has 0 aliphatic heterocycles. The average Bonchev–Trinajstić information content (AvgIpc) is 3.25. The van der Waals surface area contributed by atoms with Crippen molar-refractivity contribution in [2.24, 2.45) is 0 Å².